The van der Waals surface area contributed by atoms with Gasteiger partial charge in [-0.2, -0.15) is 0 Å². The maximum absolute atomic E-state index is 13.8. The summed E-state index contributed by atoms with van der Waals surface area (Å²) < 4.78 is 27.7. The topological polar surface area (TPSA) is 32.3 Å². The Morgan fingerprint density at radius 3 is 2.62 bits per heavy atom. The minimum Gasteiger partial charge on any atom is -0.371 e. The molecule has 2 aromatic rings. The minimum atomic E-state index is -0.833. The normalized spacial score (nSPS) is 18.9. The summed E-state index contributed by atoms with van der Waals surface area (Å²) in [6, 6.07) is 9.35. The highest BCUT2D eigenvalue weighted by molar-refractivity contribution is 5.95. The first-order valence-corrected chi connectivity index (χ1v) is 8.27. The zero-order valence-electron chi connectivity index (χ0n) is 13.2. The molecule has 2 aliphatic rings. The lowest BCUT2D eigenvalue weighted by molar-refractivity contribution is 0.0925. The maximum atomic E-state index is 13.8. The molecule has 0 radical (unpaired) electrons. The number of para-hydroxylation sites is 1. The number of carbonyl (C=O) groups is 1. The van der Waals surface area contributed by atoms with Crippen molar-refractivity contribution in [2.75, 3.05) is 18.0 Å². The van der Waals surface area contributed by atoms with Crippen molar-refractivity contribution in [1.82, 2.24) is 5.32 Å². The molecule has 5 heteroatoms. The number of nitrogens with zero attached hydrogens (tertiary/aromatic N) is 1. The molecule has 2 aromatic carbocycles. The largest absolute Gasteiger partial charge is 0.371 e. The summed E-state index contributed by atoms with van der Waals surface area (Å²) in [5.74, 6) is -2.36. The zero-order valence-corrected chi connectivity index (χ0v) is 13.2. The van der Waals surface area contributed by atoms with E-state index < -0.39 is 23.1 Å². The Balaban J connectivity index is 1.66. The highest BCUT2D eigenvalue weighted by Crippen LogP contribution is 2.39. The predicted octanol–water partition coefficient (Wildman–Crippen LogP) is 3.59. The number of amides is 1. The van der Waals surface area contributed by atoms with Crippen LogP contribution in [0.25, 0.3) is 0 Å². The third-order valence-corrected chi connectivity index (χ3v) is 4.90. The second-order valence-corrected chi connectivity index (χ2v) is 6.36. The van der Waals surface area contributed by atoms with E-state index in [1.54, 1.807) is 0 Å². The molecular weight excluding hydrogens is 310 g/mol. The van der Waals surface area contributed by atoms with Gasteiger partial charge in [0.05, 0.1) is 6.04 Å². The van der Waals surface area contributed by atoms with Crippen molar-refractivity contribution < 1.29 is 13.6 Å². The third kappa shape index (κ3) is 2.44. The number of carbonyl (C=O) groups excluding carboxylic acids is 1. The summed E-state index contributed by atoms with van der Waals surface area (Å²) in [6.45, 7) is 1.86. The molecule has 0 saturated carbocycles. The number of halogens is 2. The first kappa shape index (κ1) is 15.1. The molecule has 24 heavy (non-hydrogen) atoms. The van der Waals surface area contributed by atoms with Gasteiger partial charge in [-0.05, 0) is 42.5 Å². The monoisotopic (exact) mass is 328 g/mol. The smallest absolute Gasteiger partial charge is 0.257 e. The van der Waals surface area contributed by atoms with Gasteiger partial charge >= 0.3 is 0 Å². The van der Waals surface area contributed by atoms with Crippen LogP contribution in [0.4, 0.5) is 14.5 Å². The second-order valence-electron chi connectivity index (χ2n) is 6.36. The maximum Gasteiger partial charge on any atom is 0.257 e. The molecule has 0 spiro atoms. The van der Waals surface area contributed by atoms with E-state index in [9.17, 15) is 13.6 Å². The van der Waals surface area contributed by atoms with Crippen molar-refractivity contribution in [3.63, 3.8) is 0 Å². The summed E-state index contributed by atoms with van der Waals surface area (Å²) in [7, 11) is 0. The van der Waals surface area contributed by atoms with Gasteiger partial charge in [0.2, 0.25) is 0 Å². The summed E-state index contributed by atoms with van der Waals surface area (Å²) in [4.78, 5) is 14.8. The molecular formula is C19H18F2N2O. The van der Waals surface area contributed by atoms with E-state index in [2.05, 4.69) is 16.3 Å². The first-order chi connectivity index (χ1) is 11.6. The van der Waals surface area contributed by atoms with Gasteiger partial charge < -0.3 is 10.2 Å². The van der Waals surface area contributed by atoms with Crippen LogP contribution in [0.15, 0.2) is 36.4 Å². The van der Waals surface area contributed by atoms with Crippen molar-refractivity contribution >= 4 is 11.6 Å². The number of rotatable bonds is 2. The molecule has 0 saturated heterocycles. The van der Waals surface area contributed by atoms with Crippen LogP contribution in [0.2, 0.25) is 0 Å². The Hall–Kier alpha value is -2.43. The van der Waals surface area contributed by atoms with Crippen LogP contribution in [0.5, 0.6) is 0 Å². The van der Waals surface area contributed by atoms with Crippen molar-refractivity contribution in [3.05, 3.63) is 64.7 Å². The van der Waals surface area contributed by atoms with Crippen molar-refractivity contribution in [2.45, 2.75) is 25.3 Å². The van der Waals surface area contributed by atoms with Crippen LogP contribution >= 0.6 is 0 Å². The molecule has 1 amide bonds. The Morgan fingerprint density at radius 2 is 1.83 bits per heavy atom. The van der Waals surface area contributed by atoms with E-state index in [1.807, 2.05) is 12.1 Å². The number of hydrogen-bond donors (Lipinski definition) is 1. The molecule has 124 valence electrons. The van der Waals surface area contributed by atoms with Gasteiger partial charge in [-0.25, -0.2) is 8.78 Å². The summed E-state index contributed by atoms with van der Waals surface area (Å²) in [5.41, 5.74) is 3.01. The van der Waals surface area contributed by atoms with E-state index in [0.717, 1.165) is 50.0 Å². The van der Waals surface area contributed by atoms with Gasteiger partial charge in [-0.1, -0.05) is 24.3 Å². The van der Waals surface area contributed by atoms with Gasteiger partial charge in [0.25, 0.3) is 5.91 Å². The minimum absolute atomic E-state index is 0.221. The number of anilines is 1. The van der Waals surface area contributed by atoms with Gasteiger partial charge in [-0.3, -0.25) is 4.79 Å². The fourth-order valence-electron chi connectivity index (χ4n) is 3.81. The van der Waals surface area contributed by atoms with Crippen LogP contribution in [-0.4, -0.2) is 19.0 Å². The molecule has 1 atom stereocenters. The molecule has 3 nitrogen and oxygen atoms in total. The van der Waals surface area contributed by atoms with Gasteiger partial charge in [0.1, 0.15) is 17.2 Å². The SMILES string of the molecule is O=C(N[C@@H]1CCN2CCCc3cccc1c32)c1c(F)cccc1F. The number of nitrogens with one attached hydrogen (secondary N) is 1. The van der Waals surface area contributed by atoms with Crippen LogP contribution < -0.4 is 10.2 Å². The summed E-state index contributed by atoms with van der Waals surface area (Å²) in [6.07, 6.45) is 2.90. The molecule has 0 aromatic heterocycles. The lowest BCUT2D eigenvalue weighted by Crippen LogP contribution is -2.41. The Morgan fingerprint density at radius 1 is 1.08 bits per heavy atom. The van der Waals surface area contributed by atoms with E-state index >= 15 is 0 Å². The lowest BCUT2D eigenvalue weighted by atomic mass is 9.89. The number of hydrogen-bond acceptors (Lipinski definition) is 2. The Labute approximate surface area is 139 Å². The fraction of sp³-hybridized carbons (Fsp3) is 0.316. The molecule has 0 fully saturated rings. The quantitative estimate of drug-likeness (QED) is 0.914. The van der Waals surface area contributed by atoms with Crippen LogP contribution in [0, 0.1) is 11.6 Å². The van der Waals surface area contributed by atoms with Crippen LogP contribution in [0.1, 0.15) is 40.4 Å². The molecule has 1 N–H and O–H groups in total. The van der Waals surface area contributed by atoms with Crippen molar-refractivity contribution in [1.29, 1.82) is 0 Å². The van der Waals surface area contributed by atoms with Crippen LogP contribution in [-0.2, 0) is 6.42 Å². The predicted molar refractivity (Wildman–Crippen MR) is 88.2 cm³/mol. The average molecular weight is 328 g/mol. The molecule has 0 aliphatic carbocycles. The second kappa shape index (κ2) is 5.89. The van der Waals surface area contributed by atoms with Crippen molar-refractivity contribution in [2.24, 2.45) is 0 Å². The molecule has 0 bridgehead atoms. The van der Waals surface area contributed by atoms with Gasteiger partial charge in [-0.15, -0.1) is 0 Å². The molecule has 0 unspecified atom stereocenters. The first-order valence-electron chi connectivity index (χ1n) is 8.27. The average Bonchev–Trinajstić information content (AvgIpc) is 2.57. The zero-order chi connectivity index (χ0) is 16.7. The van der Waals surface area contributed by atoms with Crippen LogP contribution in [0.3, 0.4) is 0 Å². The van der Waals surface area contributed by atoms with E-state index in [0.29, 0.717) is 0 Å². The highest BCUT2D eigenvalue weighted by atomic mass is 19.1. The molecule has 2 aliphatic heterocycles. The molecule has 2 heterocycles. The van der Waals surface area contributed by atoms with E-state index in [-0.39, 0.29) is 6.04 Å². The Bertz CT molecular complexity index is 786. The lowest BCUT2D eigenvalue weighted by Gasteiger charge is -2.40. The van der Waals surface area contributed by atoms with E-state index in [4.69, 9.17) is 0 Å². The van der Waals surface area contributed by atoms with Gasteiger partial charge in [0, 0.05) is 18.8 Å². The Kier molecular flexibility index (Phi) is 3.71. The molecule has 4 rings (SSSR count). The number of aryl methyl sites for hydroxylation is 1. The third-order valence-electron chi connectivity index (χ3n) is 4.90. The number of benzene rings is 2. The highest BCUT2D eigenvalue weighted by Gasteiger charge is 2.31. The van der Waals surface area contributed by atoms with Gasteiger partial charge in [0.15, 0.2) is 0 Å². The van der Waals surface area contributed by atoms with E-state index in [1.165, 1.54) is 17.3 Å². The van der Waals surface area contributed by atoms with Crippen molar-refractivity contribution in [3.8, 4) is 0 Å². The summed E-state index contributed by atoms with van der Waals surface area (Å²) in [5, 5.41) is 2.82. The standard InChI is InChI=1S/C19H18F2N2O/c20-14-7-2-8-15(21)17(14)19(24)22-16-9-11-23-10-3-5-12-4-1-6-13(16)18(12)23/h1-2,4,6-8,16H,3,5,9-11H2,(H,22,24)/t16-/m1/s1. The fourth-order valence-corrected chi connectivity index (χ4v) is 3.81. The summed E-state index contributed by atoms with van der Waals surface area (Å²) >= 11 is 0.